The van der Waals surface area contributed by atoms with Crippen molar-refractivity contribution in [3.05, 3.63) is 84.2 Å². The van der Waals surface area contributed by atoms with Crippen molar-refractivity contribution in [3.63, 3.8) is 0 Å². The van der Waals surface area contributed by atoms with Gasteiger partial charge in [-0.3, -0.25) is 9.78 Å². The molecule has 11 heteroatoms. The minimum Gasteiger partial charge on any atom is -0.493 e. The third-order valence-electron chi connectivity index (χ3n) is 8.51. The van der Waals surface area contributed by atoms with E-state index in [1.807, 2.05) is 6.07 Å². The average Bonchev–Trinajstić information content (AvgIpc) is 3.55. The maximum Gasteiger partial charge on any atom is 0.281 e. The molecule has 7 rings (SSSR count). The third kappa shape index (κ3) is 6.17. The summed E-state index contributed by atoms with van der Waals surface area (Å²) in [5.74, 6) is 2.84. The quantitative estimate of drug-likeness (QED) is 0.161. The fourth-order valence-electron chi connectivity index (χ4n) is 5.89. The predicted molar refractivity (Wildman–Crippen MR) is 170 cm³/mol. The molecule has 0 saturated heterocycles. The van der Waals surface area contributed by atoms with Gasteiger partial charge in [-0.1, -0.05) is 12.8 Å². The van der Waals surface area contributed by atoms with Crippen LogP contribution in [0, 0.1) is 11.7 Å². The molecule has 2 aromatic carbocycles. The molecule has 3 heterocycles. The third-order valence-corrected chi connectivity index (χ3v) is 8.51. The highest BCUT2D eigenvalue weighted by atomic mass is 19.1. The number of anilines is 1. The van der Waals surface area contributed by atoms with Crippen LogP contribution in [0.5, 0.6) is 28.7 Å². The van der Waals surface area contributed by atoms with Crippen molar-refractivity contribution >= 4 is 22.6 Å². The summed E-state index contributed by atoms with van der Waals surface area (Å²) in [4.78, 5) is 22.4. The molecule has 46 heavy (non-hydrogen) atoms. The lowest BCUT2D eigenvalue weighted by atomic mass is 9.96. The molecule has 3 aromatic heterocycles. The van der Waals surface area contributed by atoms with E-state index < -0.39 is 5.91 Å². The molecule has 10 nitrogen and oxygen atoms in total. The van der Waals surface area contributed by atoms with E-state index in [1.165, 1.54) is 12.3 Å². The van der Waals surface area contributed by atoms with Crippen molar-refractivity contribution in [3.8, 4) is 34.4 Å². The summed E-state index contributed by atoms with van der Waals surface area (Å²) in [5, 5.41) is 8.22. The number of nitrogens with zero attached hydrogens (tertiary/aromatic N) is 4. The highest BCUT2D eigenvalue weighted by Crippen LogP contribution is 2.39. The maximum absolute atomic E-state index is 14.3. The van der Waals surface area contributed by atoms with Crippen molar-refractivity contribution in [2.24, 2.45) is 5.92 Å². The lowest BCUT2D eigenvalue weighted by molar-refractivity contribution is 0.101. The van der Waals surface area contributed by atoms with Gasteiger partial charge in [-0.05, 0) is 85.5 Å². The van der Waals surface area contributed by atoms with Crippen LogP contribution in [0.4, 0.5) is 10.2 Å². The lowest BCUT2D eigenvalue weighted by Crippen LogP contribution is -2.16. The van der Waals surface area contributed by atoms with Crippen LogP contribution < -0.4 is 24.3 Å². The van der Waals surface area contributed by atoms with E-state index in [4.69, 9.17) is 18.9 Å². The summed E-state index contributed by atoms with van der Waals surface area (Å²) in [6.45, 7) is 0.511. The second-order valence-electron chi connectivity index (χ2n) is 11.7. The van der Waals surface area contributed by atoms with Gasteiger partial charge in [0, 0.05) is 17.6 Å². The molecule has 2 fully saturated rings. The van der Waals surface area contributed by atoms with Crippen LogP contribution in [0.3, 0.4) is 0 Å². The van der Waals surface area contributed by atoms with E-state index in [1.54, 1.807) is 67.7 Å². The number of pyridine rings is 2. The fourth-order valence-corrected chi connectivity index (χ4v) is 5.89. The van der Waals surface area contributed by atoms with E-state index in [9.17, 15) is 9.18 Å². The molecule has 0 bridgehead atoms. The summed E-state index contributed by atoms with van der Waals surface area (Å²) in [6, 6.07) is 13.5. The minimum absolute atomic E-state index is 0.136. The predicted octanol–water partition coefficient (Wildman–Crippen LogP) is 7.46. The van der Waals surface area contributed by atoms with Crippen LogP contribution in [-0.4, -0.2) is 46.5 Å². The smallest absolute Gasteiger partial charge is 0.281 e. The number of nitrogens with one attached hydrogen (secondary N) is 1. The Balaban J connectivity index is 1.12. The molecule has 0 aliphatic heterocycles. The van der Waals surface area contributed by atoms with Crippen LogP contribution in [0.15, 0.2) is 67.1 Å². The van der Waals surface area contributed by atoms with E-state index in [0.717, 1.165) is 55.2 Å². The number of methoxy groups -OCH3 is 2. The van der Waals surface area contributed by atoms with Crippen LogP contribution in [-0.2, 0) is 0 Å². The first-order chi connectivity index (χ1) is 22.5. The Kier molecular flexibility index (Phi) is 8.13. The molecule has 1 N–H and O–H groups in total. The maximum atomic E-state index is 14.3. The summed E-state index contributed by atoms with van der Waals surface area (Å²) in [6.07, 6.45) is 11.3. The number of benzene rings is 2. The molecule has 2 saturated carbocycles. The zero-order valence-electron chi connectivity index (χ0n) is 25.7. The van der Waals surface area contributed by atoms with Crippen molar-refractivity contribution in [2.45, 2.75) is 44.4 Å². The second kappa shape index (κ2) is 12.7. The first-order valence-corrected chi connectivity index (χ1v) is 15.5. The highest BCUT2D eigenvalue weighted by molar-refractivity contribution is 6.04. The number of carbonyl (C=O) groups is 1. The number of amides is 1. The van der Waals surface area contributed by atoms with Crippen molar-refractivity contribution < 1.29 is 28.1 Å². The van der Waals surface area contributed by atoms with Gasteiger partial charge in [-0.15, -0.1) is 0 Å². The Labute approximate surface area is 265 Å². The number of hydrogen-bond acceptors (Lipinski definition) is 8. The first-order valence-electron chi connectivity index (χ1n) is 15.5. The normalized spacial score (nSPS) is 14.8. The van der Waals surface area contributed by atoms with Crippen LogP contribution >= 0.6 is 0 Å². The molecule has 2 aliphatic rings. The number of ether oxygens (including phenoxy) is 4. The average molecular weight is 624 g/mol. The number of carbonyl (C=O) groups excluding carboxylic acids is 1. The first kappa shape index (κ1) is 29.5. The lowest BCUT2D eigenvalue weighted by Gasteiger charge is -2.15. The highest BCUT2D eigenvalue weighted by Gasteiger charge is 2.27. The molecule has 2 aliphatic carbocycles. The monoisotopic (exact) mass is 623 g/mol. The van der Waals surface area contributed by atoms with Gasteiger partial charge >= 0.3 is 0 Å². The Bertz CT molecular complexity index is 1880. The van der Waals surface area contributed by atoms with Crippen molar-refractivity contribution in [1.29, 1.82) is 0 Å². The Morgan fingerprint density at radius 3 is 2.48 bits per heavy atom. The minimum atomic E-state index is -0.462. The number of rotatable bonds is 11. The molecule has 0 spiro atoms. The standard InChI is InChI=1S/C35H34FN5O5/c1-43-30-16-26-27(17-31(30)44-2)37-14-13-29(26)46-24-10-12-33(38-18-24)39-35(42)34-32(45-20-21-7-8-21)19-41(40-34)28-11-9-23(36)15-25(28)22-5-3-4-6-22/h9-19,21-22H,3-8,20H2,1-2H3,(H,38,39,42). The van der Waals surface area contributed by atoms with Gasteiger partial charge in [0.1, 0.15) is 23.1 Å². The Hall–Kier alpha value is -5.19. The van der Waals surface area contributed by atoms with E-state index >= 15 is 0 Å². The fraction of sp³-hybridized carbons (Fsp3) is 0.314. The van der Waals surface area contributed by atoms with Gasteiger partial charge in [-0.25, -0.2) is 14.1 Å². The molecule has 236 valence electrons. The zero-order valence-corrected chi connectivity index (χ0v) is 25.7. The van der Waals surface area contributed by atoms with Gasteiger partial charge in [0.2, 0.25) is 0 Å². The molecule has 5 aromatic rings. The van der Waals surface area contributed by atoms with Gasteiger partial charge in [0.05, 0.1) is 44.4 Å². The van der Waals surface area contributed by atoms with E-state index in [2.05, 4.69) is 20.4 Å². The summed E-state index contributed by atoms with van der Waals surface area (Å²) >= 11 is 0. The Morgan fingerprint density at radius 2 is 1.74 bits per heavy atom. The van der Waals surface area contributed by atoms with Gasteiger partial charge in [0.15, 0.2) is 22.9 Å². The van der Waals surface area contributed by atoms with E-state index in [-0.39, 0.29) is 17.4 Å². The topological polar surface area (TPSA) is 110 Å². The molecule has 0 atom stereocenters. The van der Waals surface area contributed by atoms with Crippen LogP contribution in [0.25, 0.3) is 16.6 Å². The summed E-state index contributed by atoms with van der Waals surface area (Å²) in [5.41, 5.74) is 2.47. The summed E-state index contributed by atoms with van der Waals surface area (Å²) < 4.78 is 39.0. The number of fused-ring (bicyclic) bond motifs is 1. The van der Waals surface area contributed by atoms with E-state index in [0.29, 0.717) is 52.6 Å². The molecular weight excluding hydrogens is 589 g/mol. The van der Waals surface area contributed by atoms with Crippen LogP contribution in [0.1, 0.15) is 60.5 Å². The largest absolute Gasteiger partial charge is 0.493 e. The number of aromatic nitrogens is 4. The van der Waals surface area contributed by atoms with Gasteiger partial charge in [-0.2, -0.15) is 5.10 Å². The molecular formula is C35H34FN5O5. The summed E-state index contributed by atoms with van der Waals surface area (Å²) in [7, 11) is 3.14. The molecule has 1 amide bonds. The van der Waals surface area contributed by atoms with Gasteiger partial charge in [0.25, 0.3) is 5.91 Å². The Morgan fingerprint density at radius 1 is 0.935 bits per heavy atom. The SMILES string of the molecule is COc1cc2nccc(Oc3ccc(NC(=O)c4nn(-c5ccc(F)cc5C5CCCC5)cc4OCC4CC4)nc3)c2cc1OC. The van der Waals surface area contributed by atoms with Gasteiger partial charge < -0.3 is 24.3 Å². The molecule has 0 unspecified atom stereocenters. The van der Waals surface area contributed by atoms with Crippen molar-refractivity contribution in [2.75, 3.05) is 26.1 Å². The van der Waals surface area contributed by atoms with Crippen molar-refractivity contribution in [1.82, 2.24) is 19.7 Å². The second-order valence-corrected chi connectivity index (χ2v) is 11.7. The number of hydrogen-bond donors (Lipinski definition) is 1. The zero-order chi connectivity index (χ0) is 31.6. The molecule has 0 radical (unpaired) electrons. The van der Waals surface area contributed by atoms with Crippen LogP contribution in [0.2, 0.25) is 0 Å². The number of halogens is 1.